The van der Waals surface area contributed by atoms with Gasteiger partial charge in [0.15, 0.2) is 5.75 Å². The van der Waals surface area contributed by atoms with Gasteiger partial charge >= 0.3 is 5.97 Å². The maximum atomic E-state index is 10.9. The third kappa shape index (κ3) is 1.34. The first-order valence-corrected chi connectivity index (χ1v) is 3.08. The Balaban J connectivity index is 2.92. The molecule has 0 saturated carbocycles. The second kappa shape index (κ2) is 3.09. The first kappa shape index (κ1) is 7.65. The Morgan fingerprint density at radius 1 is 1.45 bits per heavy atom. The van der Waals surface area contributed by atoms with Gasteiger partial charge in [-0.3, -0.25) is 0 Å². The van der Waals surface area contributed by atoms with Crippen LogP contribution in [-0.4, -0.2) is 25.2 Å². The lowest BCUT2D eigenvalue weighted by Crippen LogP contribution is -2.01. The van der Waals surface area contributed by atoms with Crippen LogP contribution in [0.1, 0.15) is 10.4 Å². The Morgan fingerprint density at radius 3 is 2.73 bits per heavy atom. The van der Waals surface area contributed by atoms with Crippen LogP contribution in [0.2, 0.25) is 0 Å². The highest BCUT2D eigenvalue weighted by Gasteiger charge is 2.12. The number of hydrogen-bond donors (Lipinski definition) is 1. The first-order chi connectivity index (χ1) is 5.29. The van der Waals surface area contributed by atoms with E-state index in [1.807, 2.05) is 0 Å². The van der Waals surface area contributed by atoms with Crippen molar-refractivity contribution < 1.29 is 14.3 Å². The number of aromatic amines is 1. The van der Waals surface area contributed by atoms with E-state index in [0.29, 0.717) is 11.3 Å². The van der Waals surface area contributed by atoms with E-state index >= 15 is 0 Å². The van der Waals surface area contributed by atoms with E-state index < -0.39 is 5.97 Å². The summed E-state index contributed by atoms with van der Waals surface area (Å²) in [5.74, 6) is 0.0972. The Labute approximate surface area is 64.1 Å². The van der Waals surface area contributed by atoms with Crippen molar-refractivity contribution in [1.82, 2.24) is 4.98 Å². The maximum Gasteiger partial charge on any atom is 0.343 e. The van der Waals surface area contributed by atoms with Crippen LogP contribution in [0.25, 0.3) is 0 Å². The predicted octanol–water partition coefficient (Wildman–Crippen LogP) is 0.810. The van der Waals surface area contributed by atoms with Gasteiger partial charge < -0.3 is 14.5 Å². The molecule has 0 aliphatic carbocycles. The van der Waals surface area contributed by atoms with Crippen LogP contribution in [0, 0.1) is 0 Å². The summed E-state index contributed by atoms with van der Waals surface area (Å²) in [6.07, 6.45) is 3.12. The van der Waals surface area contributed by atoms with Crippen LogP contribution in [0.4, 0.5) is 0 Å². The second-order valence-electron chi connectivity index (χ2n) is 1.93. The first-order valence-electron chi connectivity index (χ1n) is 3.08. The van der Waals surface area contributed by atoms with Crippen molar-refractivity contribution in [3.63, 3.8) is 0 Å². The van der Waals surface area contributed by atoms with Gasteiger partial charge in [0.05, 0.1) is 14.2 Å². The molecule has 0 atom stereocenters. The molecule has 0 spiro atoms. The van der Waals surface area contributed by atoms with E-state index in [4.69, 9.17) is 4.74 Å². The molecular weight excluding hydrogens is 146 g/mol. The van der Waals surface area contributed by atoms with Gasteiger partial charge in [0, 0.05) is 12.4 Å². The zero-order valence-electron chi connectivity index (χ0n) is 6.38. The number of ether oxygens (including phenoxy) is 2. The summed E-state index contributed by atoms with van der Waals surface area (Å²) in [4.78, 5) is 13.7. The minimum absolute atomic E-state index is 0.400. The number of aromatic nitrogens is 1. The summed E-state index contributed by atoms with van der Waals surface area (Å²) in [7, 11) is 2.82. The average Bonchev–Trinajstić information content (AvgIpc) is 2.50. The lowest BCUT2D eigenvalue weighted by molar-refractivity contribution is 0.0597. The Kier molecular flexibility index (Phi) is 2.15. The van der Waals surface area contributed by atoms with Gasteiger partial charge in [-0.2, -0.15) is 0 Å². The van der Waals surface area contributed by atoms with Crippen molar-refractivity contribution in [3.8, 4) is 5.75 Å². The lowest BCUT2D eigenvalue weighted by Gasteiger charge is -1.98. The zero-order valence-corrected chi connectivity index (χ0v) is 6.38. The highest BCUT2D eigenvalue weighted by Crippen LogP contribution is 2.16. The van der Waals surface area contributed by atoms with E-state index in [0.717, 1.165) is 0 Å². The van der Waals surface area contributed by atoms with Crippen molar-refractivity contribution in [2.45, 2.75) is 0 Å². The molecule has 1 N–H and O–H groups in total. The summed E-state index contributed by atoms with van der Waals surface area (Å²) in [5, 5.41) is 0. The molecule has 1 aromatic rings. The molecule has 4 heteroatoms. The van der Waals surface area contributed by atoms with E-state index in [2.05, 4.69) is 9.72 Å². The molecule has 0 radical (unpaired) electrons. The fourth-order valence-corrected chi connectivity index (χ4v) is 0.788. The molecule has 0 bridgehead atoms. The summed E-state index contributed by atoms with van der Waals surface area (Å²) >= 11 is 0. The SMILES string of the molecule is COC(=O)c1c[nH]cc1OC. The molecule has 1 heterocycles. The molecule has 0 fully saturated rings. The molecule has 1 rings (SSSR count). The Hall–Kier alpha value is -1.45. The normalized spacial score (nSPS) is 9.27. The van der Waals surface area contributed by atoms with Crippen molar-refractivity contribution in [3.05, 3.63) is 18.0 Å². The molecular formula is C7H9NO3. The molecule has 11 heavy (non-hydrogen) atoms. The molecule has 0 saturated heterocycles. The van der Waals surface area contributed by atoms with E-state index in [9.17, 15) is 4.79 Å². The van der Waals surface area contributed by atoms with Gasteiger partial charge in [0.2, 0.25) is 0 Å². The fraction of sp³-hybridized carbons (Fsp3) is 0.286. The van der Waals surface area contributed by atoms with Gasteiger partial charge in [-0.15, -0.1) is 0 Å². The van der Waals surface area contributed by atoms with Crippen molar-refractivity contribution in [2.75, 3.05) is 14.2 Å². The summed E-state index contributed by atoms with van der Waals surface area (Å²) in [5.41, 5.74) is 0.412. The highest BCUT2D eigenvalue weighted by molar-refractivity contribution is 5.92. The van der Waals surface area contributed by atoms with Gasteiger partial charge in [0.25, 0.3) is 0 Å². The zero-order chi connectivity index (χ0) is 8.27. The third-order valence-corrected chi connectivity index (χ3v) is 1.33. The molecule has 0 aliphatic heterocycles. The smallest absolute Gasteiger partial charge is 0.343 e. The van der Waals surface area contributed by atoms with Crippen LogP contribution in [0.15, 0.2) is 12.4 Å². The van der Waals surface area contributed by atoms with Crippen LogP contribution in [0.5, 0.6) is 5.75 Å². The minimum atomic E-state index is -0.400. The van der Waals surface area contributed by atoms with Crippen molar-refractivity contribution >= 4 is 5.97 Å². The Morgan fingerprint density at radius 2 is 2.18 bits per heavy atom. The molecule has 0 aliphatic rings. The molecule has 1 aromatic heterocycles. The molecule has 0 unspecified atom stereocenters. The third-order valence-electron chi connectivity index (χ3n) is 1.33. The van der Waals surface area contributed by atoms with E-state index in [-0.39, 0.29) is 0 Å². The standard InChI is InChI=1S/C7H9NO3/c1-10-6-4-8-3-5(6)7(9)11-2/h3-4,8H,1-2H3. The topological polar surface area (TPSA) is 51.3 Å². The predicted molar refractivity (Wildman–Crippen MR) is 38.7 cm³/mol. The van der Waals surface area contributed by atoms with E-state index in [1.54, 1.807) is 6.20 Å². The van der Waals surface area contributed by atoms with Crippen LogP contribution in [0.3, 0.4) is 0 Å². The lowest BCUT2D eigenvalue weighted by atomic mass is 10.3. The second-order valence-corrected chi connectivity index (χ2v) is 1.93. The number of esters is 1. The molecule has 0 amide bonds. The van der Waals surface area contributed by atoms with Gasteiger partial charge in [-0.05, 0) is 0 Å². The number of nitrogens with one attached hydrogen (secondary N) is 1. The molecule has 0 aromatic carbocycles. The van der Waals surface area contributed by atoms with Crippen molar-refractivity contribution in [1.29, 1.82) is 0 Å². The monoisotopic (exact) mass is 155 g/mol. The van der Waals surface area contributed by atoms with Crippen LogP contribution >= 0.6 is 0 Å². The van der Waals surface area contributed by atoms with Crippen LogP contribution < -0.4 is 4.74 Å². The number of hydrogen-bond acceptors (Lipinski definition) is 3. The van der Waals surface area contributed by atoms with Gasteiger partial charge in [-0.25, -0.2) is 4.79 Å². The fourth-order valence-electron chi connectivity index (χ4n) is 0.788. The van der Waals surface area contributed by atoms with Gasteiger partial charge in [-0.1, -0.05) is 0 Å². The van der Waals surface area contributed by atoms with E-state index in [1.165, 1.54) is 20.4 Å². The maximum absolute atomic E-state index is 10.9. The quantitative estimate of drug-likeness (QED) is 0.643. The van der Waals surface area contributed by atoms with Crippen molar-refractivity contribution in [2.24, 2.45) is 0 Å². The van der Waals surface area contributed by atoms with Crippen LogP contribution in [-0.2, 0) is 4.74 Å². The number of H-pyrrole nitrogens is 1. The number of rotatable bonds is 2. The Bertz CT molecular complexity index is 254. The summed E-state index contributed by atoms with van der Waals surface area (Å²) < 4.78 is 9.37. The number of carbonyl (C=O) groups excluding carboxylic acids is 1. The minimum Gasteiger partial charge on any atom is -0.494 e. The number of methoxy groups -OCH3 is 2. The molecule has 4 nitrogen and oxygen atoms in total. The number of carbonyl (C=O) groups is 1. The average molecular weight is 155 g/mol. The summed E-state index contributed by atoms with van der Waals surface area (Å²) in [6, 6.07) is 0. The highest BCUT2D eigenvalue weighted by atomic mass is 16.5. The largest absolute Gasteiger partial charge is 0.494 e. The molecule has 60 valence electrons. The van der Waals surface area contributed by atoms with Gasteiger partial charge in [0.1, 0.15) is 5.56 Å². The summed E-state index contributed by atoms with van der Waals surface area (Å²) in [6.45, 7) is 0.